The van der Waals surface area contributed by atoms with Crippen LogP contribution < -0.4 is 19.4 Å². The van der Waals surface area contributed by atoms with Gasteiger partial charge in [-0.1, -0.05) is 0 Å². The molecule has 2 aromatic heterocycles. The first-order valence-electron chi connectivity index (χ1n) is 7.99. The Bertz CT molecular complexity index is 785. The summed E-state index contributed by atoms with van der Waals surface area (Å²) in [6.45, 7) is 1.03. The van der Waals surface area contributed by atoms with Crippen LogP contribution in [-0.2, 0) is 5.54 Å². The number of H-pyrrole nitrogens is 1. The van der Waals surface area contributed by atoms with Crippen molar-refractivity contribution in [2.75, 3.05) is 25.5 Å². The Labute approximate surface area is 142 Å². The van der Waals surface area contributed by atoms with Gasteiger partial charge in [0.1, 0.15) is 18.5 Å². The molecule has 2 N–H and O–H groups in total. The average Bonchev–Trinajstić information content (AvgIpc) is 3.08. The summed E-state index contributed by atoms with van der Waals surface area (Å²) in [4.78, 5) is 6.47. The van der Waals surface area contributed by atoms with Crippen LogP contribution in [0, 0.1) is 0 Å². The smallest absolute Gasteiger partial charge is 0.388 e. The zero-order chi connectivity index (χ0) is 17.6. The van der Waals surface area contributed by atoms with Crippen LogP contribution in [0.4, 0.5) is 20.4 Å². The van der Waals surface area contributed by atoms with Gasteiger partial charge in [0.25, 0.3) is 0 Å². The summed E-state index contributed by atoms with van der Waals surface area (Å²) in [6, 6.07) is 1.37. The Kier molecular flexibility index (Phi) is 3.71. The molecular weight excluding hydrogens is 334 g/mol. The molecule has 0 radical (unpaired) electrons. The van der Waals surface area contributed by atoms with Gasteiger partial charge in [0.2, 0.25) is 11.7 Å². The number of likely N-dealkylation sites (tertiary alicyclic amines) is 1. The Morgan fingerprint density at radius 2 is 2.36 bits per heavy atom. The predicted molar refractivity (Wildman–Crippen MR) is 83.1 cm³/mol. The molecule has 0 spiro atoms. The van der Waals surface area contributed by atoms with Crippen LogP contribution in [0.15, 0.2) is 18.5 Å². The lowest BCUT2D eigenvalue weighted by molar-refractivity contribution is -0.734. The number of nitrogens with zero attached hydrogens (tertiary/aromatic N) is 4. The summed E-state index contributed by atoms with van der Waals surface area (Å²) < 4.78 is 37.0. The molecule has 134 valence electrons. The molecule has 8 nitrogen and oxygen atoms in total. The summed E-state index contributed by atoms with van der Waals surface area (Å²) in [5.74, 6) is 1.61. The van der Waals surface area contributed by atoms with Gasteiger partial charge >= 0.3 is 18.3 Å². The molecule has 2 unspecified atom stereocenters. The van der Waals surface area contributed by atoms with Crippen LogP contribution >= 0.6 is 0 Å². The minimum Gasteiger partial charge on any atom is -0.453 e. The van der Waals surface area contributed by atoms with Gasteiger partial charge in [-0.05, 0) is 14.0 Å². The highest BCUT2D eigenvalue weighted by Crippen LogP contribution is 2.35. The third-order valence-electron chi connectivity index (χ3n) is 4.70. The molecule has 4 heterocycles. The van der Waals surface area contributed by atoms with Crippen molar-refractivity contribution in [3.05, 3.63) is 18.5 Å². The molecule has 2 aromatic rings. The molecule has 0 amide bonds. The van der Waals surface area contributed by atoms with Crippen molar-refractivity contribution in [3.8, 4) is 11.8 Å². The van der Waals surface area contributed by atoms with E-state index in [0.29, 0.717) is 17.5 Å². The summed E-state index contributed by atoms with van der Waals surface area (Å²) in [5, 5.41) is 9.46. The number of piperidine rings is 1. The molecule has 4 rings (SSSR count). The first kappa shape index (κ1) is 16.0. The van der Waals surface area contributed by atoms with Crippen LogP contribution in [0.1, 0.15) is 13.3 Å². The predicted octanol–water partition coefficient (Wildman–Crippen LogP) is 1.25. The molecule has 2 aliphatic rings. The fourth-order valence-corrected chi connectivity index (χ4v) is 3.68. The second kappa shape index (κ2) is 5.80. The standard InChI is InChI=1S/C15H18F2N6O2/c1-15-8-22(2)4-3-9(15)24-13-7-18-6-11(23(13)15)19-10-5-12(21-20-10)25-14(16)17/h5-7,9,14H,3-4,8H2,1-2H3,(H,18,20,21)/p+1. The monoisotopic (exact) mass is 353 g/mol. The number of hydrogen-bond donors (Lipinski definition) is 2. The van der Waals surface area contributed by atoms with Crippen LogP contribution in [0.5, 0.6) is 11.8 Å². The average molecular weight is 353 g/mol. The maximum Gasteiger partial charge on any atom is 0.388 e. The third kappa shape index (κ3) is 2.76. The van der Waals surface area contributed by atoms with Gasteiger partial charge in [0.15, 0.2) is 5.54 Å². The SMILES string of the molecule is CN1CCC2Oc3cncc(Nc4cc(OC(F)F)n[nH]4)[n+]3C2(C)C1. The minimum absolute atomic E-state index is 0.0629. The van der Waals surface area contributed by atoms with E-state index >= 15 is 0 Å². The second-order valence-electron chi connectivity index (χ2n) is 6.58. The summed E-state index contributed by atoms with van der Waals surface area (Å²) in [5.41, 5.74) is -0.254. The van der Waals surface area contributed by atoms with E-state index in [2.05, 4.69) is 48.7 Å². The summed E-state index contributed by atoms with van der Waals surface area (Å²) in [6.07, 6.45) is 4.34. The van der Waals surface area contributed by atoms with Crippen molar-refractivity contribution in [2.45, 2.75) is 31.6 Å². The summed E-state index contributed by atoms with van der Waals surface area (Å²) in [7, 11) is 2.08. The fraction of sp³-hybridized carbons (Fsp3) is 0.533. The number of likely N-dealkylation sites (N-methyl/N-ethyl adjacent to an activating group) is 1. The number of alkyl halides is 2. The lowest BCUT2D eigenvalue weighted by Gasteiger charge is -2.37. The lowest BCUT2D eigenvalue weighted by Crippen LogP contribution is -2.65. The molecule has 1 fully saturated rings. The minimum atomic E-state index is -2.92. The van der Waals surface area contributed by atoms with Crippen LogP contribution in [0.3, 0.4) is 0 Å². The normalized spacial score (nSPS) is 25.4. The van der Waals surface area contributed by atoms with Gasteiger partial charge in [-0.2, -0.15) is 13.3 Å². The number of aromatic amines is 1. The van der Waals surface area contributed by atoms with E-state index in [9.17, 15) is 8.78 Å². The van der Waals surface area contributed by atoms with E-state index in [-0.39, 0.29) is 17.5 Å². The number of fused-ring (bicyclic) bond motifs is 3. The zero-order valence-corrected chi connectivity index (χ0v) is 13.9. The zero-order valence-electron chi connectivity index (χ0n) is 13.9. The van der Waals surface area contributed by atoms with E-state index in [4.69, 9.17) is 4.74 Å². The van der Waals surface area contributed by atoms with E-state index in [0.717, 1.165) is 19.5 Å². The molecule has 1 saturated heterocycles. The second-order valence-corrected chi connectivity index (χ2v) is 6.58. The first-order chi connectivity index (χ1) is 12.0. The highest BCUT2D eigenvalue weighted by molar-refractivity contribution is 5.49. The Morgan fingerprint density at radius 3 is 3.16 bits per heavy atom. The van der Waals surface area contributed by atoms with E-state index < -0.39 is 6.61 Å². The maximum atomic E-state index is 12.3. The van der Waals surface area contributed by atoms with Crippen LogP contribution in [0.2, 0.25) is 0 Å². The number of hydrogen-bond acceptors (Lipinski definition) is 6. The van der Waals surface area contributed by atoms with E-state index in [1.807, 2.05) is 0 Å². The van der Waals surface area contributed by atoms with Crippen LogP contribution in [0.25, 0.3) is 0 Å². The number of anilines is 2. The number of aromatic nitrogens is 4. The number of rotatable bonds is 4. The highest BCUT2D eigenvalue weighted by atomic mass is 19.3. The highest BCUT2D eigenvalue weighted by Gasteiger charge is 2.53. The van der Waals surface area contributed by atoms with Gasteiger partial charge in [-0.3, -0.25) is 0 Å². The van der Waals surface area contributed by atoms with Crippen molar-refractivity contribution < 1.29 is 22.8 Å². The molecule has 0 bridgehead atoms. The van der Waals surface area contributed by atoms with Gasteiger partial charge in [-0.25, -0.2) is 15.4 Å². The van der Waals surface area contributed by atoms with Gasteiger partial charge in [0, 0.05) is 19.5 Å². The summed E-state index contributed by atoms with van der Waals surface area (Å²) >= 11 is 0. The Balaban J connectivity index is 1.65. The number of halogens is 2. The topological polar surface area (TPSA) is 79.2 Å². The molecule has 0 aromatic carbocycles. The lowest BCUT2D eigenvalue weighted by atomic mass is 9.88. The largest absolute Gasteiger partial charge is 0.453 e. The first-order valence-corrected chi connectivity index (χ1v) is 7.99. The molecule has 0 aliphatic carbocycles. The molecule has 25 heavy (non-hydrogen) atoms. The molecule has 0 saturated carbocycles. The molecule has 2 atom stereocenters. The van der Waals surface area contributed by atoms with Crippen molar-refractivity contribution in [1.82, 2.24) is 20.1 Å². The number of nitrogens with one attached hydrogen (secondary N) is 2. The molecular formula is C15H19F2N6O2+. The molecule has 2 aliphatic heterocycles. The van der Waals surface area contributed by atoms with Gasteiger partial charge in [0.05, 0.1) is 6.07 Å². The van der Waals surface area contributed by atoms with Crippen LogP contribution in [-0.4, -0.2) is 52.9 Å². The fourth-order valence-electron chi connectivity index (χ4n) is 3.68. The van der Waals surface area contributed by atoms with Crippen molar-refractivity contribution in [3.63, 3.8) is 0 Å². The van der Waals surface area contributed by atoms with E-state index in [1.54, 1.807) is 12.4 Å². The van der Waals surface area contributed by atoms with E-state index in [1.165, 1.54) is 6.07 Å². The van der Waals surface area contributed by atoms with Gasteiger partial charge in [-0.15, -0.1) is 5.10 Å². The molecule has 10 heteroatoms. The number of ether oxygens (including phenoxy) is 2. The maximum absolute atomic E-state index is 12.3. The Hall–Kier alpha value is -2.49. The van der Waals surface area contributed by atoms with Crippen molar-refractivity contribution >= 4 is 11.6 Å². The quantitative estimate of drug-likeness (QED) is 0.806. The van der Waals surface area contributed by atoms with Crippen molar-refractivity contribution in [1.29, 1.82) is 0 Å². The third-order valence-corrected chi connectivity index (χ3v) is 4.70. The van der Waals surface area contributed by atoms with Gasteiger partial charge < -0.3 is 14.4 Å². The van der Waals surface area contributed by atoms with Crippen molar-refractivity contribution in [2.24, 2.45) is 0 Å². The Morgan fingerprint density at radius 1 is 1.52 bits per heavy atom.